The first-order chi connectivity index (χ1) is 15.2. The third kappa shape index (κ3) is 4.99. The molecule has 2 fully saturated rings. The minimum absolute atomic E-state index is 0.0688. The van der Waals surface area contributed by atoms with Gasteiger partial charge in [-0.15, -0.1) is 0 Å². The number of benzene rings is 1. The Balaban J connectivity index is 1.76. The number of aliphatic hydroxyl groups excluding tert-OH is 7. The van der Waals surface area contributed by atoms with Gasteiger partial charge in [0.25, 0.3) is 5.69 Å². The number of nitro benzene ring substituents is 1. The summed E-state index contributed by atoms with van der Waals surface area (Å²) in [6.07, 6.45) is -15.8. The summed E-state index contributed by atoms with van der Waals surface area (Å²) in [4.78, 5) is 10.2. The molecular formula is C18H25NO13. The Kier molecular flexibility index (Phi) is 7.94. The van der Waals surface area contributed by atoms with Gasteiger partial charge in [-0.05, 0) is 12.1 Å². The van der Waals surface area contributed by atoms with Gasteiger partial charge in [0.1, 0.15) is 54.6 Å². The average Bonchev–Trinajstić information content (AvgIpc) is 2.78. The van der Waals surface area contributed by atoms with E-state index in [0.717, 1.165) is 12.1 Å². The smallest absolute Gasteiger partial charge is 0.269 e. The van der Waals surface area contributed by atoms with Crippen LogP contribution in [0.15, 0.2) is 24.3 Å². The molecule has 2 saturated heterocycles. The van der Waals surface area contributed by atoms with Crippen LogP contribution < -0.4 is 4.74 Å². The van der Waals surface area contributed by atoms with E-state index in [9.17, 15) is 45.9 Å². The summed E-state index contributed by atoms with van der Waals surface area (Å²) in [7, 11) is 0. The molecule has 0 radical (unpaired) electrons. The summed E-state index contributed by atoms with van der Waals surface area (Å²) in [6, 6.07) is 4.82. The van der Waals surface area contributed by atoms with E-state index in [0.29, 0.717) is 0 Å². The van der Waals surface area contributed by atoms with E-state index < -0.39 is 79.5 Å². The number of nitrogens with zero attached hydrogens (tertiary/aromatic N) is 1. The first kappa shape index (κ1) is 24.7. The van der Waals surface area contributed by atoms with Crippen molar-refractivity contribution in [2.75, 3.05) is 13.2 Å². The van der Waals surface area contributed by atoms with E-state index in [-0.39, 0.29) is 11.4 Å². The second-order valence-corrected chi connectivity index (χ2v) is 7.37. The third-order valence-corrected chi connectivity index (χ3v) is 5.26. The summed E-state index contributed by atoms with van der Waals surface area (Å²) in [5.41, 5.74) is -0.199. The van der Waals surface area contributed by atoms with E-state index >= 15 is 0 Å². The van der Waals surface area contributed by atoms with Gasteiger partial charge in [0.15, 0.2) is 6.29 Å². The number of nitro groups is 1. The van der Waals surface area contributed by atoms with Crippen molar-refractivity contribution in [2.24, 2.45) is 0 Å². The largest absolute Gasteiger partial charge is 0.462 e. The lowest BCUT2D eigenvalue weighted by Crippen LogP contribution is -2.65. The SMILES string of the molecule is O=[N+]([O-])c1ccc(O[C@@H]2O[C@H](CO)[C@@H](O)[C@H](O[C@@H]3O[C@H](CO)[C@@H](O)[C@H](O)[C@H]3O)[C@H]2O)cc1. The first-order valence-electron chi connectivity index (χ1n) is 9.67. The molecule has 7 N–H and O–H groups in total. The fraction of sp³-hybridized carbons (Fsp3) is 0.667. The molecule has 1 aromatic carbocycles. The summed E-state index contributed by atoms with van der Waals surface area (Å²) in [5, 5.41) is 80.6. The normalized spacial score (nSPS) is 40.1. The number of hydrogen-bond donors (Lipinski definition) is 7. The van der Waals surface area contributed by atoms with Crippen molar-refractivity contribution in [2.45, 2.75) is 61.4 Å². The van der Waals surface area contributed by atoms with Crippen LogP contribution in [0.3, 0.4) is 0 Å². The van der Waals surface area contributed by atoms with Crippen LogP contribution in [-0.2, 0) is 14.2 Å². The summed E-state index contributed by atoms with van der Waals surface area (Å²) in [5.74, 6) is 0.0688. The quantitative estimate of drug-likeness (QED) is 0.155. The van der Waals surface area contributed by atoms with E-state index in [1.54, 1.807) is 0 Å². The molecule has 10 atom stereocenters. The van der Waals surface area contributed by atoms with Gasteiger partial charge in [0.2, 0.25) is 6.29 Å². The molecule has 2 heterocycles. The maximum atomic E-state index is 10.8. The molecule has 3 rings (SSSR count). The van der Waals surface area contributed by atoms with E-state index in [1.165, 1.54) is 12.1 Å². The minimum Gasteiger partial charge on any atom is -0.462 e. The van der Waals surface area contributed by atoms with Crippen molar-refractivity contribution in [1.82, 2.24) is 0 Å². The predicted molar refractivity (Wildman–Crippen MR) is 100 cm³/mol. The molecule has 14 heteroatoms. The van der Waals surface area contributed by atoms with Crippen molar-refractivity contribution in [3.8, 4) is 5.75 Å². The van der Waals surface area contributed by atoms with Crippen molar-refractivity contribution in [1.29, 1.82) is 0 Å². The van der Waals surface area contributed by atoms with Crippen molar-refractivity contribution < 1.29 is 59.6 Å². The number of non-ortho nitro benzene ring substituents is 1. The lowest BCUT2D eigenvalue weighted by molar-refractivity contribution is -0.384. The molecule has 32 heavy (non-hydrogen) atoms. The Morgan fingerprint density at radius 2 is 1.38 bits per heavy atom. The number of ether oxygens (including phenoxy) is 4. The van der Waals surface area contributed by atoms with Gasteiger partial charge in [0, 0.05) is 12.1 Å². The van der Waals surface area contributed by atoms with Crippen molar-refractivity contribution >= 4 is 5.69 Å². The monoisotopic (exact) mass is 463 g/mol. The van der Waals surface area contributed by atoms with Gasteiger partial charge in [-0.3, -0.25) is 10.1 Å². The second-order valence-electron chi connectivity index (χ2n) is 7.37. The third-order valence-electron chi connectivity index (χ3n) is 5.26. The highest BCUT2D eigenvalue weighted by atomic mass is 16.7. The van der Waals surface area contributed by atoms with Crippen LogP contribution in [0.25, 0.3) is 0 Å². The molecule has 0 aromatic heterocycles. The van der Waals surface area contributed by atoms with E-state index in [1.807, 2.05) is 0 Å². The fourth-order valence-electron chi connectivity index (χ4n) is 3.43. The zero-order chi connectivity index (χ0) is 23.6. The van der Waals surface area contributed by atoms with E-state index in [4.69, 9.17) is 18.9 Å². The van der Waals surface area contributed by atoms with Crippen LogP contribution in [0.2, 0.25) is 0 Å². The number of rotatable bonds is 7. The Bertz CT molecular complexity index is 762. The van der Waals surface area contributed by atoms with Crippen molar-refractivity contribution in [3.05, 3.63) is 34.4 Å². The maximum absolute atomic E-state index is 10.8. The molecule has 2 aliphatic rings. The topological polar surface area (TPSA) is 222 Å². The molecule has 0 aliphatic carbocycles. The van der Waals surface area contributed by atoms with Crippen molar-refractivity contribution in [3.63, 3.8) is 0 Å². The van der Waals surface area contributed by atoms with Gasteiger partial charge in [0.05, 0.1) is 18.1 Å². The molecular weight excluding hydrogens is 438 g/mol. The van der Waals surface area contributed by atoms with Gasteiger partial charge < -0.3 is 54.7 Å². The second kappa shape index (κ2) is 10.3. The van der Waals surface area contributed by atoms with Crippen LogP contribution in [-0.4, -0.2) is 115 Å². The minimum atomic E-state index is -1.79. The lowest BCUT2D eigenvalue weighted by atomic mass is 9.97. The summed E-state index contributed by atoms with van der Waals surface area (Å²) >= 11 is 0. The van der Waals surface area contributed by atoms with Gasteiger partial charge >= 0.3 is 0 Å². The molecule has 180 valence electrons. The molecule has 0 saturated carbocycles. The number of hydrogen-bond acceptors (Lipinski definition) is 13. The predicted octanol–water partition coefficient (Wildman–Crippen LogP) is -3.40. The van der Waals surface area contributed by atoms with Gasteiger partial charge in [-0.2, -0.15) is 0 Å². The van der Waals surface area contributed by atoms with Gasteiger partial charge in [-0.25, -0.2) is 0 Å². The van der Waals surface area contributed by atoms with Crippen LogP contribution in [0.5, 0.6) is 5.75 Å². The summed E-state index contributed by atoms with van der Waals surface area (Å²) in [6.45, 7) is -1.42. The average molecular weight is 463 g/mol. The van der Waals surface area contributed by atoms with Crippen LogP contribution in [0, 0.1) is 10.1 Å². The summed E-state index contributed by atoms with van der Waals surface area (Å²) < 4.78 is 21.5. The Hall–Kier alpha value is -1.98. The molecule has 1 aromatic rings. The molecule has 14 nitrogen and oxygen atoms in total. The van der Waals surface area contributed by atoms with Crippen LogP contribution >= 0.6 is 0 Å². The molecule has 0 spiro atoms. The maximum Gasteiger partial charge on any atom is 0.269 e. The van der Waals surface area contributed by atoms with E-state index in [2.05, 4.69) is 0 Å². The van der Waals surface area contributed by atoms with Gasteiger partial charge in [-0.1, -0.05) is 0 Å². The molecule has 0 bridgehead atoms. The Morgan fingerprint density at radius 1 is 0.812 bits per heavy atom. The molecule has 0 unspecified atom stereocenters. The van der Waals surface area contributed by atoms with Crippen LogP contribution in [0.4, 0.5) is 5.69 Å². The standard InChI is InChI=1S/C18H25NO13/c20-5-9-11(22)13(24)14(25)17(30-9)32-16-12(23)10(6-21)31-18(15(16)26)29-8-3-1-7(2-4-8)19(27)28/h1-4,9-18,20-26H,5-6H2/t9-,10-,11-,12-,13+,14-,15-,16+,17+,18-/m1/s1. The van der Waals surface area contributed by atoms with Crippen LogP contribution in [0.1, 0.15) is 0 Å². The molecule has 0 amide bonds. The highest BCUT2D eigenvalue weighted by Gasteiger charge is 2.51. The highest BCUT2D eigenvalue weighted by Crippen LogP contribution is 2.30. The Morgan fingerprint density at radius 3 is 1.94 bits per heavy atom. The first-order valence-corrected chi connectivity index (χ1v) is 9.67. The number of aliphatic hydroxyl groups is 7. The zero-order valence-electron chi connectivity index (χ0n) is 16.5. The zero-order valence-corrected chi connectivity index (χ0v) is 16.5. The lowest BCUT2D eigenvalue weighted by Gasteiger charge is -2.45. The highest BCUT2D eigenvalue weighted by molar-refractivity contribution is 5.36. The molecule has 2 aliphatic heterocycles. The fourth-order valence-corrected chi connectivity index (χ4v) is 3.43. The Labute approximate surface area is 180 Å².